The van der Waals surface area contributed by atoms with Gasteiger partial charge in [0.2, 0.25) is 11.8 Å². The first-order chi connectivity index (χ1) is 16.7. The van der Waals surface area contributed by atoms with Gasteiger partial charge in [-0.3, -0.25) is 34.6 Å². The molecule has 1 aliphatic heterocycles. The van der Waals surface area contributed by atoms with E-state index < -0.39 is 57.6 Å². The minimum atomic E-state index is -1.20. The smallest absolute Gasteiger partial charge is 0.322 e. The van der Waals surface area contributed by atoms with Crippen LogP contribution in [0.5, 0.6) is 0 Å². The Morgan fingerprint density at radius 2 is 1.77 bits per heavy atom. The van der Waals surface area contributed by atoms with Gasteiger partial charge in [0.05, 0.1) is 15.9 Å². The molecule has 3 rings (SSSR count). The number of amides is 2. The lowest BCUT2D eigenvalue weighted by molar-refractivity contribution is -0.393. The average Bonchev–Trinajstić information content (AvgIpc) is 3.32. The zero-order valence-electron chi connectivity index (χ0n) is 19.2. The number of hydrogen-bond acceptors (Lipinski definition) is 8. The molecule has 1 heterocycles. The van der Waals surface area contributed by atoms with Crippen molar-refractivity contribution >= 4 is 34.8 Å². The van der Waals surface area contributed by atoms with Crippen molar-refractivity contribution < 1.29 is 29.3 Å². The zero-order chi connectivity index (χ0) is 25.5. The summed E-state index contributed by atoms with van der Waals surface area (Å²) in [6.07, 6.45) is 6.33. The molecule has 1 saturated heterocycles. The van der Waals surface area contributed by atoms with E-state index in [-0.39, 0.29) is 11.6 Å². The number of benzene rings is 1. The van der Waals surface area contributed by atoms with Gasteiger partial charge in [0.1, 0.15) is 24.3 Å². The third-order valence-electron chi connectivity index (χ3n) is 6.57. The van der Waals surface area contributed by atoms with Crippen LogP contribution in [-0.2, 0) is 14.4 Å². The monoisotopic (exact) mass is 491 g/mol. The standard InChI is InChI=1S/C22H29N5O8/c28-20(29)13-23-21(30)16(11-14-5-2-1-3-6-14)24-22(31)18-7-4-10-25(18)17-9-8-15(26(32)33)12-19(17)27(34)35/h8-9,12,14,16,18H,1-7,10-11,13H2,(H,23,30)(H,24,31)(H,28,29)/t16?,18-/m0/s1. The fourth-order valence-electron chi connectivity index (χ4n) is 4.88. The summed E-state index contributed by atoms with van der Waals surface area (Å²) in [6, 6.07) is 1.55. The minimum Gasteiger partial charge on any atom is -0.480 e. The molecule has 0 aromatic heterocycles. The summed E-state index contributed by atoms with van der Waals surface area (Å²) >= 11 is 0. The molecular formula is C22H29N5O8. The number of carbonyl (C=O) groups is 3. The van der Waals surface area contributed by atoms with Crippen molar-refractivity contribution in [2.24, 2.45) is 5.92 Å². The van der Waals surface area contributed by atoms with Gasteiger partial charge in [0, 0.05) is 12.6 Å². The maximum Gasteiger partial charge on any atom is 0.322 e. The van der Waals surface area contributed by atoms with Crippen LogP contribution in [0.15, 0.2) is 18.2 Å². The van der Waals surface area contributed by atoms with Crippen molar-refractivity contribution in [2.45, 2.75) is 63.5 Å². The van der Waals surface area contributed by atoms with Crippen LogP contribution in [0.4, 0.5) is 17.1 Å². The van der Waals surface area contributed by atoms with Gasteiger partial charge in [-0.05, 0) is 31.2 Å². The number of anilines is 1. The highest BCUT2D eigenvalue weighted by Gasteiger charge is 2.37. The number of nitro benzene ring substituents is 2. The third kappa shape index (κ3) is 6.64. The highest BCUT2D eigenvalue weighted by atomic mass is 16.6. The summed E-state index contributed by atoms with van der Waals surface area (Å²) in [7, 11) is 0. The number of aliphatic carboxylic acids is 1. The van der Waals surface area contributed by atoms with E-state index in [1.807, 2.05) is 0 Å². The van der Waals surface area contributed by atoms with Crippen molar-refractivity contribution in [1.29, 1.82) is 0 Å². The first kappa shape index (κ1) is 25.8. The molecule has 2 aliphatic rings. The number of nitrogens with zero attached hydrogens (tertiary/aromatic N) is 3. The predicted octanol–water partition coefficient (Wildman–Crippen LogP) is 2.13. The first-order valence-corrected chi connectivity index (χ1v) is 11.7. The van der Waals surface area contributed by atoms with Gasteiger partial charge in [-0.25, -0.2) is 0 Å². The maximum atomic E-state index is 13.3. The van der Waals surface area contributed by atoms with Crippen molar-refractivity contribution in [3.05, 3.63) is 38.4 Å². The van der Waals surface area contributed by atoms with Crippen molar-refractivity contribution in [3.8, 4) is 0 Å². The van der Waals surface area contributed by atoms with Crippen LogP contribution in [0.1, 0.15) is 51.4 Å². The van der Waals surface area contributed by atoms with E-state index >= 15 is 0 Å². The lowest BCUT2D eigenvalue weighted by atomic mass is 9.84. The molecule has 0 radical (unpaired) electrons. The Morgan fingerprint density at radius 1 is 1.06 bits per heavy atom. The molecule has 2 fully saturated rings. The number of non-ortho nitro benzene ring substituents is 1. The highest BCUT2D eigenvalue weighted by Crippen LogP contribution is 2.36. The number of nitrogens with one attached hydrogen (secondary N) is 2. The molecule has 3 N–H and O–H groups in total. The predicted molar refractivity (Wildman–Crippen MR) is 124 cm³/mol. The summed E-state index contributed by atoms with van der Waals surface area (Å²) in [5, 5.41) is 36.6. The van der Waals surface area contributed by atoms with Gasteiger partial charge in [-0.2, -0.15) is 0 Å². The average molecular weight is 492 g/mol. The highest BCUT2D eigenvalue weighted by molar-refractivity contribution is 5.93. The molecule has 2 amide bonds. The largest absolute Gasteiger partial charge is 0.480 e. The Kier molecular flexibility index (Phi) is 8.55. The van der Waals surface area contributed by atoms with E-state index in [1.54, 1.807) is 0 Å². The Bertz CT molecular complexity index is 994. The van der Waals surface area contributed by atoms with Gasteiger partial charge in [-0.15, -0.1) is 0 Å². The molecule has 35 heavy (non-hydrogen) atoms. The second-order valence-corrected chi connectivity index (χ2v) is 8.95. The van der Waals surface area contributed by atoms with Crippen LogP contribution in [0.3, 0.4) is 0 Å². The summed E-state index contributed by atoms with van der Waals surface area (Å²) in [6.45, 7) is -0.240. The summed E-state index contributed by atoms with van der Waals surface area (Å²) < 4.78 is 0. The maximum absolute atomic E-state index is 13.3. The third-order valence-corrected chi connectivity index (χ3v) is 6.57. The summed E-state index contributed by atoms with van der Waals surface area (Å²) in [5.41, 5.74) is -0.808. The normalized spacial score (nSPS) is 19.1. The van der Waals surface area contributed by atoms with Crippen LogP contribution >= 0.6 is 0 Å². The minimum absolute atomic E-state index is 0.0948. The molecular weight excluding hydrogens is 462 g/mol. The van der Waals surface area contributed by atoms with Gasteiger partial charge >= 0.3 is 5.97 Å². The van der Waals surface area contributed by atoms with Crippen LogP contribution in [0.25, 0.3) is 0 Å². The first-order valence-electron chi connectivity index (χ1n) is 11.7. The Labute approximate surface area is 201 Å². The van der Waals surface area contributed by atoms with Crippen molar-refractivity contribution in [2.75, 3.05) is 18.0 Å². The molecule has 2 atom stereocenters. The van der Waals surface area contributed by atoms with Crippen molar-refractivity contribution in [3.63, 3.8) is 0 Å². The number of rotatable bonds is 10. The Balaban J connectivity index is 1.79. The van der Waals surface area contributed by atoms with E-state index in [9.17, 15) is 34.6 Å². The fourth-order valence-corrected chi connectivity index (χ4v) is 4.88. The molecule has 1 aliphatic carbocycles. The number of nitro groups is 2. The van der Waals surface area contributed by atoms with E-state index in [2.05, 4.69) is 10.6 Å². The number of carboxylic acid groups (broad SMARTS) is 1. The van der Waals surface area contributed by atoms with Gasteiger partial charge < -0.3 is 20.6 Å². The lowest BCUT2D eigenvalue weighted by Gasteiger charge is -2.30. The quantitative estimate of drug-likeness (QED) is 0.326. The number of carbonyl (C=O) groups excluding carboxylic acids is 2. The SMILES string of the molecule is O=C(O)CNC(=O)C(CC1CCCCC1)NC(=O)[C@@H]1CCCN1c1ccc([N+](=O)[O-])cc1[N+](=O)[O-]. The van der Waals surface area contributed by atoms with Crippen LogP contribution in [-0.4, -0.2) is 57.9 Å². The van der Waals surface area contributed by atoms with Gasteiger partial charge in [0.15, 0.2) is 0 Å². The molecule has 0 bridgehead atoms. The number of hydrogen-bond donors (Lipinski definition) is 3. The van der Waals surface area contributed by atoms with Gasteiger partial charge in [0.25, 0.3) is 11.4 Å². The lowest BCUT2D eigenvalue weighted by Crippen LogP contribution is -2.53. The number of carboxylic acids is 1. The van der Waals surface area contributed by atoms with E-state index in [0.717, 1.165) is 44.2 Å². The van der Waals surface area contributed by atoms with Gasteiger partial charge in [-0.1, -0.05) is 32.1 Å². The van der Waals surface area contributed by atoms with E-state index in [0.29, 0.717) is 25.8 Å². The molecule has 13 nitrogen and oxygen atoms in total. The second kappa shape index (κ2) is 11.6. The van der Waals surface area contributed by atoms with E-state index in [4.69, 9.17) is 5.11 Å². The second-order valence-electron chi connectivity index (χ2n) is 8.95. The Morgan fingerprint density at radius 3 is 2.40 bits per heavy atom. The van der Waals surface area contributed by atoms with Crippen LogP contribution < -0.4 is 15.5 Å². The van der Waals surface area contributed by atoms with Crippen LogP contribution in [0.2, 0.25) is 0 Å². The van der Waals surface area contributed by atoms with Crippen molar-refractivity contribution in [1.82, 2.24) is 10.6 Å². The summed E-state index contributed by atoms with van der Waals surface area (Å²) in [5.74, 6) is -2.06. The molecule has 190 valence electrons. The molecule has 0 spiro atoms. The topological polar surface area (TPSA) is 185 Å². The zero-order valence-corrected chi connectivity index (χ0v) is 19.2. The summed E-state index contributed by atoms with van der Waals surface area (Å²) in [4.78, 5) is 59.6. The fraction of sp³-hybridized carbons (Fsp3) is 0.591. The molecule has 1 unspecified atom stereocenters. The molecule has 13 heteroatoms. The molecule has 1 aromatic carbocycles. The molecule has 1 aromatic rings. The Hall–Kier alpha value is -3.77. The molecule has 1 saturated carbocycles. The van der Waals surface area contributed by atoms with E-state index in [1.165, 1.54) is 11.0 Å². The van der Waals surface area contributed by atoms with Crippen LogP contribution in [0, 0.1) is 26.1 Å².